The third-order valence-electron chi connectivity index (χ3n) is 5.11. The first kappa shape index (κ1) is 21.0. The molecule has 3 aromatic rings. The van der Waals surface area contributed by atoms with Crippen molar-refractivity contribution in [3.8, 4) is 11.3 Å². The molecule has 0 N–H and O–H groups in total. The molecule has 6 nitrogen and oxygen atoms in total. The number of hydrogen-bond donors (Lipinski definition) is 0. The molecule has 1 aliphatic rings. The van der Waals surface area contributed by atoms with Crippen LogP contribution in [0.3, 0.4) is 0 Å². The zero-order chi connectivity index (χ0) is 22.3. The van der Waals surface area contributed by atoms with Crippen molar-refractivity contribution in [1.82, 2.24) is 0 Å². The number of furan rings is 1. The molecule has 0 aliphatic carbocycles. The largest absolute Gasteiger partial charge is 0.457 e. The number of aryl methyl sites for hydroxylation is 2. The minimum atomic E-state index is -0.397. The number of carbonyl (C=O) groups is 1. The van der Waals surface area contributed by atoms with Crippen LogP contribution in [0.25, 0.3) is 17.4 Å². The second-order valence-corrected chi connectivity index (χ2v) is 8.92. The molecule has 31 heavy (non-hydrogen) atoms. The molecule has 2 aromatic carbocycles. The molecule has 1 aromatic heterocycles. The molecular weight excluding hydrogens is 432 g/mol. The Hall–Kier alpha value is -3.23. The fourth-order valence-corrected chi connectivity index (χ4v) is 4.55. The van der Waals surface area contributed by atoms with Crippen molar-refractivity contribution in [3.05, 3.63) is 86.0 Å². The van der Waals surface area contributed by atoms with Gasteiger partial charge in [0.05, 0.1) is 15.5 Å². The molecule has 8 heteroatoms. The molecule has 1 fully saturated rings. The summed E-state index contributed by atoms with van der Waals surface area (Å²) >= 11 is 6.62. The van der Waals surface area contributed by atoms with E-state index in [1.54, 1.807) is 25.1 Å². The zero-order valence-electron chi connectivity index (χ0n) is 17.0. The maximum atomic E-state index is 12.9. The Morgan fingerprint density at radius 1 is 1.10 bits per heavy atom. The fourth-order valence-electron chi connectivity index (χ4n) is 3.27. The first-order valence-corrected chi connectivity index (χ1v) is 10.7. The van der Waals surface area contributed by atoms with Gasteiger partial charge in [0.2, 0.25) is 0 Å². The van der Waals surface area contributed by atoms with Crippen LogP contribution >= 0.6 is 24.0 Å². The smallest absolute Gasteiger partial charge is 0.273 e. The van der Waals surface area contributed by atoms with Crippen LogP contribution in [0.1, 0.15) is 22.5 Å². The third kappa shape index (κ3) is 4.04. The Morgan fingerprint density at radius 2 is 1.81 bits per heavy atom. The van der Waals surface area contributed by atoms with E-state index in [1.165, 1.54) is 22.7 Å². The Balaban J connectivity index is 1.63. The topological polar surface area (TPSA) is 76.6 Å². The number of thioether (sulfide) groups is 1. The molecule has 0 atom stereocenters. The summed E-state index contributed by atoms with van der Waals surface area (Å²) in [5, 5.41) is 11.3. The molecule has 0 unspecified atom stereocenters. The van der Waals surface area contributed by atoms with Crippen molar-refractivity contribution in [2.24, 2.45) is 0 Å². The molecule has 1 saturated heterocycles. The molecule has 0 radical (unpaired) electrons. The molecule has 0 saturated carbocycles. The van der Waals surface area contributed by atoms with Gasteiger partial charge >= 0.3 is 0 Å². The average molecular weight is 451 g/mol. The number of amides is 1. The van der Waals surface area contributed by atoms with E-state index < -0.39 is 4.92 Å². The molecule has 156 valence electrons. The van der Waals surface area contributed by atoms with Crippen LogP contribution in [0.2, 0.25) is 0 Å². The summed E-state index contributed by atoms with van der Waals surface area (Å²) in [7, 11) is 0. The van der Waals surface area contributed by atoms with E-state index in [0.29, 0.717) is 31.9 Å². The van der Waals surface area contributed by atoms with Gasteiger partial charge in [-0.25, -0.2) is 0 Å². The summed E-state index contributed by atoms with van der Waals surface area (Å²) in [6, 6.07) is 14.4. The van der Waals surface area contributed by atoms with Crippen molar-refractivity contribution >= 4 is 51.7 Å². The van der Waals surface area contributed by atoms with Crippen LogP contribution in [0.4, 0.5) is 11.4 Å². The summed E-state index contributed by atoms with van der Waals surface area (Å²) in [5.41, 5.74) is 3.91. The molecule has 0 spiro atoms. The summed E-state index contributed by atoms with van der Waals surface area (Å²) in [6.07, 6.45) is 1.65. The van der Waals surface area contributed by atoms with Crippen molar-refractivity contribution in [2.75, 3.05) is 4.90 Å². The van der Waals surface area contributed by atoms with Gasteiger partial charge in [-0.15, -0.1) is 0 Å². The lowest BCUT2D eigenvalue weighted by Crippen LogP contribution is -2.27. The normalized spacial score (nSPS) is 15.2. The number of nitro groups is 1. The van der Waals surface area contributed by atoms with E-state index in [0.717, 1.165) is 16.8 Å². The second kappa shape index (κ2) is 8.13. The number of nitrogens with zero attached hydrogens (tertiary/aromatic N) is 2. The monoisotopic (exact) mass is 450 g/mol. The maximum Gasteiger partial charge on any atom is 0.273 e. The SMILES string of the molecule is Cc1ccc(N2C(=O)/C(=C/c3ccc(-c4cc(C)c(C)c([N+](=O)[O-])c4)o3)SC2=S)cc1. The van der Waals surface area contributed by atoms with Gasteiger partial charge in [0, 0.05) is 23.3 Å². The molecule has 2 heterocycles. The Bertz CT molecular complexity index is 1260. The lowest BCUT2D eigenvalue weighted by molar-refractivity contribution is -0.385. The highest BCUT2D eigenvalue weighted by molar-refractivity contribution is 8.27. The molecule has 1 aliphatic heterocycles. The first-order valence-electron chi connectivity index (χ1n) is 9.45. The summed E-state index contributed by atoms with van der Waals surface area (Å²) < 4.78 is 6.33. The van der Waals surface area contributed by atoms with Crippen molar-refractivity contribution in [1.29, 1.82) is 0 Å². The van der Waals surface area contributed by atoms with Gasteiger partial charge in [0.25, 0.3) is 11.6 Å². The van der Waals surface area contributed by atoms with Crippen LogP contribution < -0.4 is 4.90 Å². The van der Waals surface area contributed by atoms with Gasteiger partial charge < -0.3 is 4.42 Å². The van der Waals surface area contributed by atoms with E-state index >= 15 is 0 Å². The van der Waals surface area contributed by atoms with Gasteiger partial charge in [-0.2, -0.15) is 0 Å². The van der Waals surface area contributed by atoms with Gasteiger partial charge in [0.1, 0.15) is 11.5 Å². The van der Waals surface area contributed by atoms with Crippen LogP contribution in [-0.2, 0) is 4.79 Å². The highest BCUT2D eigenvalue weighted by atomic mass is 32.2. The predicted molar refractivity (Wildman–Crippen MR) is 127 cm³/mol. The van der Waals surface area contributed by atoms with Gasteiger partial charge in [-0.1, -0.05) is 41.7 Å². The van der Waals surface area contributed by atoms with Gasteiger partial charge in [0.15, 0.2) is 4.32 Å². The van der Waals surface area contributed by atoms with Crippen LogP contribution in [0.15, 0.2) is 57.9 Å². The van der Waals surface area contributed by atoms with E-state index in [2.05, 4.69) is 0 Å². The van der Waals surface area contributed by atoms with Crippen molar-refractivity contribution in [2.45, 2.75) is 20.8 Å². The van der Waals surface area contributed by atoms with Crippen LogP contribution in [0, 0.1) is 30.9 Å². The van der Waals surface area contributed by atoms with E-state index in [4.69, 9.17) is 16.6 Å². The number of hydrogen-bond acceptors (Lipinski definition) is 6. The first-order chi connectivity index (χ1) is 14.7. The van der Waals surface area contributed by atoms with E-state index in [9.17, 15) is 14.9 Å². The summed E-state index contributed by atoms with van der Waals surface area (Å²) in [6.45, 7) is 5.53. The predicted octanol–water partition coefficient (Wildman–Crippen LogP) is 6.19. The second-order valence-electron chi connectivity index (χ2n) is 7.25. The Morgan fingerprint density at radius 3 is 2.48 bits per heavy atom. The standard InChI is InChI=1S/C23H18N2O4S2/c1-13-4-6-17(7-5-13)24-22(26)21(31-23(24)30)12-18-8-9-20(29-18)16-10-14(2)15(3)19(11-16)25(27)28/h4-12H,1-3H3/b21-12-. The number of benzene rings is 2. The van der Waals surface area contributed by atoms with E-state index in [1.807, 2.05) is 44.2 Å². The summed E-state index contributed by atoms with van der Waals surface area (Å²) in [5.74, 6) is 0.755. The minimum absolute atomic E-state index is 0.0481. The quantitative estimate of drug-likeness (QED) is 0.204. The van der Waals surface area contributed by atoms with Gasteiger partial charge in [-0.3, -0.25) is 19.8 Å². The highest BCUT2D eigenvalue weighted by Crippen LogP contribution is 2.37. The highest BCUT2D eigenvalue weighted by Gasteiger charge is 2.33. The number of nitro benzene ring substituents is 1. The molecule has 1 amide bonds. The van der Waals surface area contributed by atoms with Crippen LogP contribution in [-0.4, -0.2) is 15.2 Å². The minimum Gasteiger partial charge on any atom is -0.457 e. The summed E-state index contributed by atoms with van der Waals surface area (Å²) in [4.78, 5) is 25.8. The Labute approximate surface area is 188 Å². The van der Waals surface area contributed by atoms with Crippen molar-refractivity contribution in [3.63, 3.8) is 0 Å². The zero-order valence-corrected chi connectivity index (χ0v) is 18.7. The number of thiocarbonyl (C=S) groups is 1. The lowest BCUT2D eigenvalue weighted by Gasteiger charge is -2.14. The third-order valence-corrected chi connectivity index (χ3v) is 6.41. The number of carbonyl (C=O) groups excluding carboxylic acids is 1. The average Bonchev–Trinajstić information content (AvgIpc) is 3.29. The fraction of sp³-hybridized carbons (Fsp3) is 0.130. The lowest BCUT2D eigenvalue weighted by atomic mass is 10.0. The number of anilines is 1. The molecular formula is C23H18N2O4S2. The van der Waals surface area contributed by atoms with Crippen molar-refractivity contribution < 1.29 is 14.1 Å². The number of rotatable bonds is 4. The van der Waals surface area contributed by atoms with Crippen LogP contribution in [0.5, 0.6) is 0 Å². The maximum absolute atomic E-state index is 12.9. The van der Waals surface area contributed by atoms with Gasteiger partial charge in [-0.05, 0) is 56.7 Å². The molecule has 0 bridgehead atoms. The Kier molecular flexibility index (Phi) is 5.51. The van der Waals surface area contributed by atoms with E-state index in [-0.39, 0.29) is 11.6 Å². The molecule has 4 rings (SSSR count).